The number of esters is 1. The Balaban J connectivity index is 1.99. The van der Waals surface area contributed by atoms with Gasteiger partial charge in [-0.2, -0.15) is 0 Å². The third-order valence-corrected chi connectivity index (χ3v) is 4.40. The number of hydrogen-bond donors (Lipinski definition) is 0. The Morgan fingerprint density at radius 3 is 2.85 bits per heavy atom. The highest BCUT2D eigenvalue weighted by molar-refractivity contribution is 5.95. The van der Waals surface area contributed by atoms with Gasteiger partial charge < -0.3 is 18.8 Å². The summed E-state index contributed by atoms with van der Waals surface area (Å²) in [6.45, 7) is 3.53. The second-order valence-electron chi connectivity index (χ2n) is 5.89. The first kappa shape index (κ1) is 17.9. The van der Waals surface area contributed by atoms with Crippen molar-refractivity contribution < 1.29 is 23.6 Å². The lowest BCUT2D eigenvalue weighted by molar-refractivity contribution is -0.385. The predicted molar refractivity (Wildman–Crippen MR) is 93.4 cm³/mol. The molecule has 1 aromatic carbocycles. The van der Waals surface area contributed by atoms with E-state index in [2.05, 4.69) is 0 Å². The van der Waals surface area contributed by atoms with Crippen molar-refractivity contribution in [3.8, 4) is 0 Å². The van der Waals surface area contributed by atoms with Crippen LogP contribution in [-0.4, -0.2) is 37.8 Å². The minimum atomic E-state index is -0.741. The number of furan rings is 1. The zero-order chi connectivity index (χ0) is 18.7. The SMILES string of the molecule is CCc1ccc(C2COCCN2c2ccc([N+](=O)[O-])c(C(=O)OC)c2)o1. The minimum Gasteiger partial charge on any atom is -0.465 e. The fraction of sp³-hybridized carbons (Fsp3) is 0.389. The number of hydrogen-bond acceptors (Lipinski definition) is 7. The molecule has 0 amide bonds. The highest BCUT2D eigenvalue weighted by atomic mass is 16.6. The average Bonchev–Trinajstić information content (AvgIpc) is 3.16. The fourth-order valence-corrected chi connectivity index (χ4v) is 3.05. The highest BCUT2D eigenvalue weighted by Crippen LogP contribution is 2.33. The molecule has 1 saturated heterocycles. The van der Waals surface area contributed by atoms with E-state index in [4.69, 9.17) is 13.9 Å². The lowest BCUT2D eigenvalue weighted by Crippen LogP contribution is -2.39. The number of nitro benzene ring substituents is 1. The first-order valence-corrected chi connectivity index (χ1v) is 8.35. The quantitative estimate of drug-likeness (QED) is 0.459. The summed E-state index contributed by atoms with van der Waals surface area (Å²) in [6.07, 6.45) is 0.789. The predicted octanol–water partition coefficient (Wildman–Crippen LogP) is 3.11. The van der Waals surface area contributed by atoms with Gasteiger partial charge in [-0.25, -0.2) is 4.79 Å². The van der Waals surface area contributed by atoms with E-state index in [0.29, 0.717) is 25.4 Å². The van der Waals surface area contributed by atoms with E-state index < -0.39 is 10.9 Å². The van der Waals surface area contributed by atoms with Crippen LogP contribution in [-0.2, 0) is 15.9 Å². The molecule has 8 heteroatoms. The number of anilines is 1. The molecule has 0 radical (unpaired) electrons. The Kier molecular flexibility index (Phi) is 5.22. The van der Waals surface area contributed by atoms with Crippen LogP contribution < -0.4 is 4.90 Å². The Morgan fingerprint density at radius 1 is 1.38 bits per heavy atom. The number of aryl methyl sites for hydroxylation is 1. The van der Waals surface area contributed by atoms with Crippen LogP contribution in [0.3, 0.4) is 0 Å². The van der Waals surface area contributed by atoms with E-state index in [-0.39, 0.29) is 17.3 Å². The highest BCUT2D eigenvalue weighted by Gasteiger charge is 2.30. The van der Waals surface area contributed by atoms with E-state index in [0.717, 1.165) is 17.9 Å². The second kappa shape index (κ2) is 7.57. The van der Waals surface area contributed by atoms with Crippen molar-refractivity contribution >= 4 is 17.3 Å². The van der Waals surface area contributed by atoms with Crippen molar-refractivity contribution in [2.24, 2.45) is 0 Å². The first-order chi connectivity index (χ1) is 12.5. The number of rotatable bonds is 5. The number of nitrogens with zero attached hydrogens (tertiary/aromatic N) is 2. The number of morpholine rings is 1. The molecule has 1 aliphatic rings. The Hall–Kier alpha value is -2.87. The summed E-state index contributed by atoms with van der Waals surface area (Å²) in [4.78, 5) is 24.6. The maximum absolute atomic E-state index is 12.0. The molecule has 138 valence electrons. The van der Waals surface area contributed by atoms with Crippen LogP contribution in [0.5, 0.6) is 0 Å². The van der Waals surface area contributed by atoms with Gasteiger partial charge in [0.25, 0.3) is 5.69 Å². The standard InChI is InChI=1S/C18H20N2O6/c1-3-13-5-7-17(26-13)16-11-25-9-8-19(16)12-4-6-15(20(22)23)14(10-12)18(21)24-2/h4-7,10,16H,3,8-9,11H2,1-2H3. The first-order valence-electron chi connectivity index (χ1n) is 8.35. The normalized spacial score (nSPS) is 17.2. The minimum absolute atomic E-state index is 0.0751. The Bertz CT molecular complexity index is 816. The molecular formula is C18H20N2O6. The molecule has 3 rings (SSSR count). The maximum atomic E-state index is 12.0. The van der Waals surface area contributed by atoms with Gasteiger partial charge in [0.15, 0.2) is 0 Å². The molecule has 1 atom stereocenters. The van der Waals surface area contributed by atoms with Gasteiger partial charge >= 0.3 is 5.97 Å². The number of nitro groups is 1. The van der Waals surface area contributed by atoms with Crippen molar-refractivity contribution in [1.82, 2.24) is 0 Å². The molecule has 8 nitrogen and oxygen atoms in total. The summed E-state index contributed by atoms with van der Waals surface area (Å²) < 4.78 is 16.1. The molecule has 1 aromatic heterocycles. The molecule has 0 N–H and O–H groups in total. The number of benzene rings is 1. The van der Waals surface area contributed by atoms with Gasteiger partial charge in [-0.3, -0.25) is 10.1 Å². The van der Waals surface area contributed by atoms with Gasteiger partial charge in [0.2, 0.25) is 0 Å². The van der Waals surface area contributed by atoms with Crippen LogP contribution in [0.1, 0.15) is 34.8 Å². The molecule has 26 heavy (non-hydrogen) atoms. The summed E-state index contributed by atoms with van der Waals surface area (Å²) in [5.74, 6) is 0.902. The van der Waals surface area contributed by atoms with Gasteiger partial charge in [0.05, 0.1) is 25.2 Å². The van der Waals surface area contributed by atoms with Crippen molar-refractivity contribution in [3.63, 3.8) is 0 Å². The van der Waals surface area contributed by atoms with Crippen molar-refractivity contribution in [1.29, 1.82) is 0 Å². The number of methoxy groups -OCH3 is 1. The third kappa shape index (κ3) is 3.41. The summed E-state index contributed by atoms with van der Waals surface area (Å²) in [7, 11) is 1.20. The third-order valence-electron chi connectivity index (χ3n) is 4.40. The fourth-order valence-electron chi connectivity index (χ4n) is 3.05. The topological polar surface area (TPSA) is 95.1 Å². The summed E-state index contributed by atoms with van der Waals surface area (Å²) in [5, 5.41) is 11.2. The lowest BCUT2D eigenvalue weighted by atomic mass is 10.1. The second-order valence-corrected chi connectivity index (χ2v) is 5.89. The van der Waals surface area contributed by atoms with E-state index in [1.54, 1.807) is 6.07 Å². The molecule has 2 aromatic rings. The molecule has 1 fully saturated rings. The Morgan fingerprint density at radius 2 is 2.19 bits per heavy atom. The van der Waals surface area contributed by atoms with Gasteiger partial charge in [-0.1, -0.05) is 6.92 Å². The maximum Gasteiger partial charge on any atom is 0.344 e. The largest absolute Gasteiger partial charge is 0.465 e. The number of ether oxygens (including phenoxy) is 2. The van der Waals surface area contributed by atoms with Crippen LogP contribution in [0.15, 0.2) is 34.7 Å². The summed E-state index contributed by atoms with van der Waals surface area (Å²) >= 11 is 0. The smallest absolute Gasteiger partial charge is 0.344 e. The molecule has 1 aliphatic heterocycles. The molecule has 0 bridgehead atoms. The van der Waals surface area contributed by atoms with Gasteiger partial charge in [-0.15, -0.1) is 0 Å². The van der Waals surface area contributed by atoms with E-state index in [9.17, 15) is 14.9 Å². The zero-order valence-electron chi connectivity index (χ0n) is 14.6. The molecule has 0 saturated carbocycles. The van der Waals surface area contributed by atoms with Gasteiger partial charge in [0, 0.05) is 24.7 Å². The molecular weight excluding hydrogens is 340 g/mol. The van der Waals surface area contributed by atoms with Gasteiger partial charge in [-0.05, 0) is 24.3 Å². The van der Waals surface area contributed by atoms with Crippen molar-refractivity contribution in [2.45, 2.75) is 19.4 Å². The van der Waals surface area contributed by atoms with Crippen molar-refractivity contribution in [2.75, 3.05) is 31.8 Å². The van der Waals surface area contributed by atoms with Crippen molar-refractivity contribution in [3.05, 3.63) is 57.5 Å². The number of carbonyl (C=O) groups excluding carboxylic acids is 1. The van der Waals surface area contributed by atoms with Crippen LogP contribution >= 0.6 is 0 Å². The molecule has 2 heterocycles. The Labute approximate surface area is 150 Å². The van der Waals surface area contributed by atoms with E-state index in [1.165, 1.54) is 19.2 Å². The van der Waals surface area contributed by atoms with Crippen LogP contribution in [0, 0.1) is 10.1 Å². The zero-order valence-corrected chi connectivity index (χ0v) is 14.6. The summed E-state index contributed by atoms with van der Waals surface area (Å²) in [6, 6.07) is 8.12. The van der Waals surface area contributed by atoms with Crippen LogP contribution in [0.2, 0.25) is 0 Å². The molecule has 1 unspecified atom stereocenters. The van der Waals surface area contributed by atoms with E-state index in [1.807, 2.05) is 24.0 Å². The molecule has 0 spiro atoms. The molecule has 0 aliphatic carbocycles. The van der Waals surface area contributed by atoms with Crippen LogP contribution in [0.4, 0.5) is 11.4 Å². The lowest BCUT2D eigenvalue weighted by Gasteiger charge is -2.36. The number of carbonyl (C=O) groups is 1. The average molecular weight is 360 g/mol. The summed E-state index contributed by atoms with van der Waals surface area (Å²) in [5.41, 5.74) is 0.323. The van der Waals surface area contributed by atoms with Crippen LogP contribution in [0.25, 0.3) is 0 Å². The monoisotopic (exact) mass is 360 g/mol. The van der Waals surface area contributed by atoms with Gasteiger partial charge in [0.1, 0.15) is 23.1 Å². The van der Waals surface area contributed by atoms with E-state index >= 15 is 0 Å².